The van der Waals surface area contributed by atoms with Crippen LogP contribution in [0.4, 0.5) is 19.3 Å². The molecule has 0 saturated carbocycles. The van der Waals surface area contributed by atoms with Gasteiger partial charge >= 0.3 is 6.09 Å². The summed E-state index contributed by atoms with van der Waals surface area (Å²) in [4.78, 5) is 96.8. The number of hydrogen-bond acceptors (Lipinski definition) is 28. The number of nitriles is 1. The Morgan fingerprint density at radius 3 is 1.72 bits per heavy atom. The fourth-order valence-corrected chi connectivity index (χ4v) is 12.2. The van der Waals surface area contributed by atoms with Crippen LogP contribution in [0.1, 0.15) is 67.7 Å². The van der Waals surface area contributed by atoms with Crippen molar-refractivity contribution >= 4 is 73.8 Å². The molecule has 4 aromatic heterocycles. The normalized spacial score (nSPS) is 13.7. The third kappa shape index (κ3) is 36.8. The van der Waals surface area contributed by atoms with E-state index in [9.17, 15) is 42.8 Å². The first-order chi connectivity index (χ1) is 53.6. The number of alkyl carbamates (subject to hydrolysis) is 1. The van der Waals surface area contributed by atoms with E-state index in [1.54, 1.807) is 36.8 Å². The van der Waals surface area contributed by atoms with E-state index in [1.807, 2.05) is 30.3 Å². The number of benzene rings is 1. The van der Waals surface area contributed by atoms with Crippen LogP contribution >= 0.6 is 21.6 Å². The fraction of sp³-hybridized carbons (Fsp3) is 0.581. The van der Waals surface area contributed by atoms with Crippen LogP contribution in [0, 0.1) is 11.3 Å². The molecular weight excluding hydrogens is 1480 g/mol. The van der Waals surface area contributed by atoms with Crippen molar-refractivity contribution < 1.29 is 104 Å². The Hall–Kier alpha value is -8.13. The number of aromatic nitrogens is 4. The number of methoxy groups -OCH3 is 1. The van der Waals surface area contributed by atoms with Crippen LogP contribution in [0.15, 0.2) is 79.4 Å². The first kappa shape index (κ1) is 90.8. The number of anilines is 1. The number of halogens is 2. The standard InChI is InChI=1S/C74H104F2N12O20S2/c1-4-5-18-96-20-22-98-24-26-100-28-30-102-32-34-104-36-38-106-40-41-107-39-37-105-35-33-103-31-29-101-27-25-99-23-21-97-19-16-81-70(92)66(87-68(90)11-10-67(89)84-50-60-43-56(12-14-79-60)69(91)86-54(2)72(93)88-53-74(75,76)46-61(88)47-77)52-110-109-42-17-82-73(94)108-51-59-8-6-57(48-83-59)62-13-15-80-65-9-7-55(44-63(62)65)58-45-64(78)71(95-3)85-49-58/h6-9,12-15,43-45,48-49,54,61,66H,4-5,10-11,16-42,46,50-53,78H2,1-3H3,(H,81,92)(H,82,94)(H,84,89)(H,86,91)(H,87,90)/t54?,61-,66?/m0/s1. The molecule has 1 aromatic carbocycles. The van der Waals surface area contributed by atoms with E-state index in [2.05, 4.69) is 53.4 Å². The van der Waals surface area contributed by atoms with Crippen LogP contribution in [0.3, 0.4) is 0 Å². The van der Waals surface area contributed by atoms with Crippen LogP contribution in [0.25, 0.3) is 33.2 Å². The zero-order valence-electron chi connectivity index (χ0n) is 62.7. The molecule has 110 heavy (non-hydrogen) atoms. The summed E-state index contributed by atoms with van der Waals surface area (Å²) in [6.45, 7) is 13.1. The van der Waals surface area contributed by atoms with Gasteiger partial charge in [-0.05, 0) is 66.9 Å². The number of fused-ring (bicyclic) bond motifs is 1. The maximum atomic E-state index is 14.0. The van der Waals surface area contributed by atoms with Gasteiger partial charge in [0.1, 0.15) is 24.7 Å². The number of nitrogens with zero attached hydrogens (tertiary/aromatic N) is 6. The molecule has 0 radical (unpaired) electrons. The topological polar surface area (TPSA) is 396 Å². The monoisotopic (exact) mass is 1580 g/mol. The number of carbonyl (C=O) groups is 6. The van der Waals surface area contributed by atoms with Crippen LogP contribution in [-0.4, -0.2) is 281 Å². The predicted octanol–water partition coefficient (Wildman–Crippen LogP) is 5.53. The van der Waals surface area contributed by atoms with Gasteiger partial charge in [0.15, 0.2) is 0 Å². The number of hydrogen-bond donors (Lipinski definition) is 6. The van der Waals surface area contributed by atoms with Crippen molar-refractivity contribution in [2.45, 2.75) is 83.2 Å². The van der Waals surface area contributed by atoms with E-state index in [-0.39, 0.29) is 75.9 Å². The van der Waals surface area contributed by atoms with E-state index >= 15 is 0 Å². The van der Waals surface area contributed by atoms with Crippen LogP contribution in [0.5, 0.6) is 5.88 Å². The Balaban J connectivity index is 0.805. The minimum atomic E-state index is -3.23. The quantitative estimate of drug-likeness (QED) is 0.0206. The van der Waals surface area contributed by atoms with Crippen LogP contribution in [0.2, 0.25) is 0 Å². The molecule has 1 fully saturated rings. The third-order valence-electron chi connectivity index (χ3n) is 15.9. The number of nitrogens with two attached hydrogens (primary N) is 1. The SMILES string of the molecule is CCCCOCCOCCOCCOCCOCCOCCOCCOCCOCCOCCOCCOCCNC(=O)C(CSSCCNC(=O)OCc1ccc(-c2ccnc3ccc(-c4cnc(OC)c(N)c4)cc23)cn1)NC(=O)CCC(=O)NCc1cc(C(=O)NC(C)C(=O)N2CC(F)(F)C[C@H]2C#N)ccn1. The number of alkyl halides is 2. The van der Waals surface area contributed by atoms with Crippen molar-refractivity contribution in [2.24, 2.45) is 0 Å². The summed E-state index contributed by atoms with van der Waals surface area (Å²) in [6.07, 6.45) is 6.58. The number of likely N-dealkylation sites (tertiary alicyclic amines) is 1. The molecule has 0 aliphatic carbocycles. The van der Waals surface area contributed by atoms with Crippen molar-refractivity contribution in [1.82, 2.24) is 51.4 Å². The molecule has 6 amide bonds. The zero-order chi connectivity index (χ0) is 78.7. The lowest BCUT2D eigenvalue weighted by molar-refractivity contribution is -0.134. The first-order valence-electron chi connectivity index (χ1n) is 36.5. The predicted molar refractivity (Wildman–Crippen MR) is 405 cm³/mol. The van der Waals surface area contributed by atoms with Gasteiger partial charge in [-0.15, -0.1) is 0 Å². The maximum absolute atomic E-state index is 14.0. The lowest BCUT2D eigenvalue weighted by Gasteiger charge is -2.23. The summed E-state index contributed by atoms with van der Waals surface area (Å²) in [5.41, 5.74) is 11.6. The number of ether oxygens (including phenoxy) is 14. The average Bonchev–Trinajstić information content (AvgIpc) is 1.77. The largest absolute Gasteiger partial charge is 0.480 e. The Bertz CT molecular complexity index is 3560. The number of unbranched alkanes of at least 4 members (excludes halogenated alkanes) is 1. The lowest BCUT2D eigenvalue weighted by Crippen LogP contribution is -2.49. The van der Waals surface area contributed by atoms with Crippen molar-refractivity contribution in [1.29, 1.82) is 5.26 Å². The van der Waals surface area contributed by atoms with Gasteiger partial charge in [0, 0.05) is 97.3 Å². The molecule has 1 aliphatic rings. The van der Waals surface area contributed by atoms with Crippen molar-refractivity contribution in [3.05, 3.63) is 96.3 Å². The third-order valence-corrected chi connectivity index (χ3v) is 18.3. The van der Waals surface area contributed by atoms with Gasteiger partial charge in [0.25, 0.3) is 11.8 Å². The van der Waals surface area contributed by atoms with E-state index in [1.165, 1.54) is 54.0 Å². The highest BCUT2D eigenvalue weighted by Crippen LogP contribution is 2.34. The highest BCUT2D eigenvalue weighted by atomic mass is 33.1. The van der Waals surface area contributed by atoms with E-state index < -0.39 is 72.6 Å². The van der Waals surface area contributed by atoms with Gasteiger partial charge in [-0.2, -0.15) is 5.26 Å². The van der Waals surface area contributed by atoms with Crippen molar-refractivity contribution in [2.75, 3.05) is 203 Å². The molecule has 1 saturated heterocycles. The summed E-state index contributed by atoms with van der Waals surface area (Å²) in [5.74, 6) is -5.57. The summed E-state index contributed by atoms with van der Waals surface area (Å²) in [7, 11) is 4.13. The fourth-order valence-electron chi connectivity index (χ4n) is 10.2. The van der Waals surface area contributed by atoms with Crippen LogP contribution < -0.4 is 37.1 Å². The Morgan fingerprint density at radius 1 is 0.609 bits per heavy atom. The van der Waals surface area contributed by atoms with Gasteiger partial charge in [0.2, 0.25) is 29.5 Å². The first-order valence-corrected chi connectivity index (χ1v) is 39.0. The zero-order valence-corrected chi connectivity index (χ0v) is 64.3. The van der Waals surface area contributed by atoms with Gasteiger partial charge in [-0.1, -0.05) is 47.1 Å². The molecule has 2 unspecified atom stereocenters. The molecule has 32 nitrogen and oxygen atoms in total. The second-order valence-electron chi connectivity index (χ2n) is 24.4. The van der Waals surface area contributed by atoms with Gasteiger partial charge < -0.3 is 104 Å². The number of carbonyl (C=O) groups excluding carboxylic acids is 6. The Labute approximate surface area is 647 Å². The minimum absolute atomic E-state index is 0.0596. The number of rotatable bonds is 60. The summed E-state index contributed by atoms with van der Waals surface area (Å²) in [5, 5.41) is 23.5. The molecule has 7 N–H and O–H groups in total. The summed E-state index contributed by atoms with van der Waals surface area (Å²) < 4.78 is 105. The van der Waals surface area contributed by atoms with Crippen LogP contribution in [-0.2, 0) is 93.9 Å². The van der Waals surface area contributed by atoms with Crippen molar-refractivity contribution in [3.8, 4) is 34.2 Å². The second kappa shape index (κ2) is 54.5. The van der Waals surface area contributed by atoms with E-state index in [0.717, 1.165) is 57.5 Å². The smallest absolute Gasteiger partial charge is 0.407 e. The van der Waals surface area contributed by atoms with E-state index in [4.69, 9.17) is 72.0 Å². The molecule has 6 rings (SSSR count). The van der Waals surface area contributed by atoms with E-state index in [0.29, 0.717) is 155 Å². The second-order valence-corrected chi connectivity index (χ2v) is 27.0. The molecule has 36 heteroatoms. The molecule has 0 bridgehead atoms. The molecular formula is C74H104F2N12O20S2. The highest BCUT2D eigenvalue weighted by Gasteiger charge is 2.48. The maximum Gasteiger partial charge on any atom is 0.407 e. The number of nitrogen functional groups attached to an aromatic ring is 1. The highest BCUT2D eigenvalue weighted by molar-refractivity contribution is 8.76. The molecule has 1 aliphatic heterocycles. The molecule has 606 valence electrons. The lowest BCUT2D eigenvalue weighted by atomic mass is 9.98. The summed E-state index contributed by atoms with van der Waals surface area (Å²) >= 11 is 0. The van der Waals surface area contributed by atoms with Gasteiger partial charge in [0.05, 0.1) is 201 Å². The minimum Gasteiger partial charge on any atom is -0.480 e. The number of pyridine rings is 4. The summed E-state index contributed by atoms with van der Waals surface area (Å²) in [6, 6.07) is 14.1. The number of amides is 6. The Morgan fingerprint density at radius 2 is 1.16 bits per heavy atom. The molecule has 5 aromatic rings. The molecule has 0 spiro atoms. The number of nitrogens with one attached hydrogen (secondary N) is 5. The van der Waals surface area contributed by atoms with Gasteiger partial charge in [-0.3, -0.25) is 38.9 Å². The average molecular weight is 1580 g/mol. The van der Waals surface area contributed by atoms with Crippen molar-refractivity contribution in [3.63, 3.8) is 0 Å². The molecule has 3 atom stereocenters. The van der Waals surface area contributed by atoms with Gasteiger partial charge in [-0.25, -0.2) is 18.6 Å². The Kier molecular flexibility index (Phi) is 45.0. The molecule has 5 heterocycles.